The summed E-state index contributed by atoms with van der Waals surface area (Å²) in [7, 11) is 0. The van der Waals surface area contributed by atoms with E-state index in [2.05, 4.69) is 15.2 Å². The van der Waals surface area contributed by atoms with Crippen molar-refractivity contribution in [2.45, 2.75) is 31.0 Å². The number of ether oxygens (including phenoxy) is 1. The van der Waals surface area contributed by atoms with E-state index in [0.717, 1.165) is 24.1 Å². The predicted molar refractivity (Wildman–Crippen MR) is 81.6 cm³/mol. The van der Waals surface area contributed by atoms with Crippen molar-refractivity contribution in [2.24, 2.45) is 0 Å². The maximum atomic E-state index is 12.1. The van der Waals surface area contributed by atoms with Gasteiger partial charge in [-0.05, 0) is 24.3 Å². The molecule has 2 heterocycles. The van der Waals surface area contributed by atoms with Crippen molar-refractivity contribution in [2.75, 3.05) is 11.4 Å². The second-order valence-corrected chi connectivity index (χ2v) is 5.93. The summed E-state index contributed by atoms with van der Waals surface area (Å²) < 4.78 is 7.03. The Bertz CT molecular complexity index is 759. The Morgan fingerprint density at radius 1 is 1.35 bits per heavy atom. The number of aromatic nitrogens is 3. The average molecular weight is 309 g/mol. The number of rotatable bonds is 4. The van der Waals surface area contributed by atoms with Gasteiger partial charge in [0.1, 0.15) is 6.10 Å². The van der Waals surface area contributed by atoms with Gasteiger partial charge in [-0.2, -0.15) is 0 Å². The van der Waals surface area contributed by atoms with Crippen LogP contribution >= 0.6 is 0 Å². The third-order valence-corrected chi connectivity index (χ3v) is 4.39. The quantitative estimate of drug-likeness (QED) is 0.812. The predicted octanol–water partition coefficient (Wildman–Crippen LogP) is 2.21. The van der Waals surface area contributed by atoms with Crippen molar-refractivity contribution in [3.63, 3.8) is 0 Å². The number of hydrogen-bond acceptors (Lipinski definition) is 4. The lowest BCUT2D eigenvalue weighted by atomic mass is 10.1. The Labute approximate surface area is 133 Å². The van der Waals surface area contributed by atoms with Crippen LogP contribution in [-0.2, 0) is 16.8 Å². The van der Waals surface area contributed by atoms with Gasteiger partial charge < -0.3 is 9.58 Å². The van der Waals surface area contributed by atoms with E-state index in [9.17, 15) is 4.79 Å². The third-order valence-electron chi connectivity index (χ3n) is 4.39. The van der Waals surface area contributed by atoms with Crippen molar-refractivity contribution in [1.82, 2.24) is 15.0 Å². The number of amides is 1. The van der Waals surface area contributed by atoms with Gasteiger partial charge >= 0.3 is 6.09 Å². The van der Waals surface area contributed by atoms with Gasteiger partial charge in [0.15, 0.2) is 0 Å². The molecule has 1 aromatic heterocycles. The second-order valence-electron chi connectivity index (χ2n) is 5.93. The lowest BCUT2D eigenvalue weighted by Gasteiger charge is -2.13. The molecule has 2 fully saturated rings. The van der Waals surface area contributed by atoms with Crippen molar-refractivity contribution in [3.8, 4) is 0 Å². The van der Waals surface area contributed by atoms with E-state index in [0.29, 0.717) is 13.1 Å². The highest BCUT2D eigenvalue weighted by atomic mass is 16.6. The Hall–Kier alpha value is -2.88. The average Bonchev–Trinajstić information content (AvgIpc) is 3.05. The molecule has 0 spiro atoms. The second kappa shape index (κ2) is 5.09. The SMILES string of the molecule is [C-]#[N+]C1(c2ccc(N3CC(Cn4ccnn4)OC3=O)cc2)CC1. The molecule has 0 N–H and O–H groups in total. The minimum Gasteiger partial charge on any atom is -0.442 e. The highest BCUT2D eigenvalue weighted by molar-refractivity contribution is 5.89. The van der Waals surface area contributed by atoms with E-state index >= 15 is 0 Å². The molecule has 116 valence electrons. The van der Waals surface area contributed by atoms with Crippen LogP contribution in [0, 0.1) is 6.57 Å². The standard InChI is InChI=1S/C16H15N5O2/c1-17-16(6-7-16)12-2-4-13(5-3-12)21-11-14(23-15(21)22)10-20-9-8-18-19-20/h2-5,8-9,14H,6-7,10-11H2. The zero-order chi connectivity index (χ0) is 15.9. The fraction of sp³-hybridized carbons (Fsp3) is 0.375. The van der Waals surface area contributed by atoms with E-state index in [1.54, 1.807) is 22.0 Å². The van der Waals surface area contributed by atoms with Crippen LogP contribution in [0.3, 0.4) is 0 Å². The van der Waals surface area contributed by atoms with Crippen LogP contribution in [-0.4, -0.2) is 33.7 Å². The molecule has 1 saturated carbocycles. The highest BCUT2D eigenvalue weighted by Gasteiger charge is 2.52. The van der Waals surface area contributed by atoms with Crippen LogP contribution < -0.4 is 4.90 Å². The monoisotopic (exact) mass is 309 g/mol. The lowest BCUT2D eigenvalue weighted by molar-refractivity contribution is 0.129. The number of carbonyl (C=O) groups excluding carboxylic acids is 1. The van der Waals surface area contributed by atoms with E-state index in [1.807, 2.05) is 24.3 Å². The molecule has 1 aliphatic heterocycles. The van der Waals surface area contributed by atoms with Gasteiger partial charge in [-0.1, -0.05) is 5.21 Å². The summed E-state index contributed by atoms with van der Waals surface area (Å²) in [6.07, 6.45) is 4.57. The first-order valence-electron chi connectivity index (χ1n) is 7.52. The molecular weight excluding hydrogens is 294 g/mol. The number of nitrogens with zero attached hydrogens (tertiary/aromatic N) is 5. The van der Waals surface area contributed by atoms with E-state index < -0.39 is 0 Å². The minimum absolute atomic E-state index is 0.248. The van der Waals surface area contributed by atoms with E-state index in [1.165, 1.54) is 0 Å². The molecule has 1 atom stereocenters. The molecule has 0 radical (unpaired) electrons. The molecule has 7 nitrogen and oxygen atoms in total. The summed E-state index contributed by atoms with van der Waals surface area (Å²) >= 11 is 0. The summed E-state index contributed by atoms with van der Waals surface area (Å²) in [5, 5.41) is 7.63. The van der Waals surface area contributed by atoms with Gasteiger partial charge in [0, 0.05) is 30.3 Å². The van der Waals surface area contributed by atoms with Gasteiger partial charge in [0.05, 0.1) is 19.3 Å². The minimum atomic E-state index is -0.353. The summed E-state index contributed by atoms with van der Waals surface area (Å²) in [4.78, 5) is 17.4. The molecular formula is C16H15N5O2. The van der Waals surface area contributed by atoms with E-state index in [-0.39, 0.29) is 17.7 Å². The van der Waals surface area contributed by atoms with Crippen molar-refractivity contribution in [1.29, 1.82) is 0 Å². The largest absolute Gasteiger partial charge is 0.442 e. The van der Waals surface area contributed by atoms with Gasteiger partial charge in [0.2, 0.25) is 0 Å². The molecule has 2 aliphatic rings. The van der Waals surface area contributed by atoms with Crippen LogP contribution in [0.4, 0.5) is 10.5 Å². The summed E-state index contributed by atoms with van der Waals surface area (Å²) in [5.74, 6) is 0. The zero-order valence-electron chi connectivity index (χ0n) is 12.4. The van der Waals surface area contributed by atoms with Crippen LogP contribution in [0.25, 0.3) is 4.85 Å². The van der Waals surface area contributed by atoms with Gasteiger partial charge in [0.25, 0.3) is 5.54 Å². The van der Waals surface area contributed by atoms with E-state index in [4.69, 9.17) is 11.3 Å². The normalized spacial score (nSPS) is 21.8. The number of hydrogen-bond donors (Lipinski definition) is 0. The van der Waals surface area contributed by atoms with Gasteiger partial charge in [-0.25, -0.2) is 16.0 Å². The molecule has 7 heteroatoms. The molecule has 2 aromatic rings. The Balaban J connectivity index is 1.48. The summed E-state index contributed by atoms with van der Waals surface area (Å²) in [6, 6.07) is 7.66. The maximum absolute atomic E-state index is 12.1. The molecule has 0 bridgehead atoms. The zero-order valence-corrected chi connectivity index (χ0v) is 12.4. The Kier molecular flexibility index (Phi) is 3.05. The molecule has 1 saturated heterocycles. The molecule has 4 rings (SSSR count). The highest BCUT2D eigenvalue weighted by Crippen LogP contribution is 2.49. The molecule has 1 amide bonds. The first kappa shape index (κ1) is 13.8. The Morgan fingerprint density at radius 3 is 2.74 bits per heavy atom. The number of benzene rings is 1. The first-order valence-corrected chi connectivity index (χ1v) is 7.52. The van der Waals surface area contributed by atoms with Crippen LogP contribution in [0.5, 0.6) is 0 Å². The molecule has 1 unspecified atom stereocenters. The number of anilines is 1. The maximum Gasteiger partial charge on any atom is 0.414 e. The van der Waals surface area contributed by atoms with Gasteiger partial charge in [-0.3, -0.25) is 4.90 Å². The fourth-order valence-electron chi connectivity index (χ4n) is 2.90. The molecule has 23 heavy (non-hydrogen) atoms. The van der Waals surface area contributed by atoms with Crippen LogP contribution in [0.15, 0.2) is 36.7 Å². The molecule has 1 aliphatic carbocycles. The number of carbonyl (C=O) groups is 1. The topological polar surface area (TPSA) is 64.6 Å². The van der Waals surface area contributed by atoms with Crippen molar-refractivity contribution >= 4 is 11.8 Å². The fourth-order valence-corrected chi connectivity index (χ4v) is 2.90. The number of cyclic esters (lactones) is 1. The summed E-state index contributed by atoms with van der Waals surface area (Å²) in [5.41, 5.74) is 1.50. The first-order chi connectivity index (χ1) is 11.2. The van der Waals surface area contributed by atoms with Crippen LogP contribution in [0.1, 0.15) is 18.4 Å². The van der Waals surface area contributed by atoms with Crippen molar-refractivity contribution in [3.05, 3.63) is 53.6 Å². The Morgan fingerprint density at radius 2 is 2.13 bits per heavy atom. The third kappa shape index (κ3) is 2.42. The lowest BCUT2D eigenvalue weighted by Crippen LogP contribution is -2.26. The summed E-state index contributed by atoms with van der Waals surface area (Å²) in [6.45, 7) is 8.27. The smallest absolute Gasteiger partial charge is 0.414 e. The van der Waals surface area contributed by atoms with Crippen molar-refractivity contribution < 1.29 is 9.53 Å². The van der Waals surface area contributed by atoms with Gasteiger partial charge in [-0.15, -0.1) is 5.10 Å². The molecule has 1 aromatic carbocycles. The van der Waals surface area contributed by atoms with Crippen LogP contribution in [0.2, 0.25) is 0 Å².